The van der Waals surface area contributed by atoms with Crippen molar-refractivity contribution in [3.8, 4) is 0 Å². The Balaban J connectivity index is -0.000000270. The third-order valence-electron chi connectivity index (χ3n) is 1.97. The molecule has 0 N–H and O–H groups in total. The van der Waals surface area contributed by atoms with Gasteiger partial charge in [0.2, 0.25) is 0 Å². The summed E-state index contributed by atoms with van der Waals surface area (Å²) >= 11 is 1.53. The first kappa shape index (κ1) is 18.9. The summed E-state index contributed by atoms with van der Waals surface area (Å²) in [6.45, 7) is 6.75. The fourth-order valence-corrected chi connectivity index (χ4v) is 2.56. The number of allylic oxidation sites excluding steroid dienone is 1. The molecule has 12 heavy (non-hydrogen) atoms. The van der Waals surface area contributed by atoms with Crippen molar-refractivity contribution in [3.05, 3.63) is 14.6 Å². The van der Waals surface area contributed by atoms with Crippen molar-refractivity contribution in [2.75, 3.05) is 0 Å². The zero-order valence-electron chi connectivity index (χ0n) is 7.43. The molecule has 0 unspecified atom stereocenters. The predicted molar refractivity (Wildman–Crippen MR) is 56.4 cm³/mol. The number of halogens is 3. The van der Waals surface area contributed by atoms with Crippen molar-refractivity contribution in [2.24, 2.45) is 5.41 Å². The zero-order chi connectivity index (χ0) is 7.07. The van der Waals surface area contributed by atoms with Gasteiger partial charge in [-0.1, -0.05) is 0 Å². The number of hydrogen-bond acceptors (Lipinski definition) is 0. The fourth-order valence-electron chi connectivity index (χ4n) is 1.01. The van der Waals surface area contributed by atoms with Crippen LogP contribution in [0.15, 0.2) is 14.6 Å². The second-order valence-corrected chi connectivity index (χ2v) is 4.77. The minimum Gasteiger partial charge on any atom is -0.147 e. The van der Waals surface area contributed by atoms with Gasteiger partial charge in [0.15, 0.2) is 0 Å². The molecular formula is C8H14Cl3Zr. The molecule has 0 atom stereocenters. The van der Waals surface area contributed by atoms with Crippen molar-refractivity contribution < 1.29 is 24.7 Å². The van der Waals surface area contributed by atoms with Crippen LogP contribution in [0, 0.1) is 5.41 Å². The fraction of sp³-hybridized carbons (Fsp3) is 0.625. The van der Waals surface area contributed by atoms with Crippen LogP contribution in [0.5, 0.6) is 0 Å². The third kappa shape index (κ3) is 4.49. The third-order valence-corrected chi connectivity index (χ3v) is 2.71. The van der Waals surface area contributed by atoms with Crippen LogP contribution in [0.1, 0.15) is 27.2 Å². The molecule has 1 rings (SSSR count). The average molecular weight is 308 g/mol. The topological polar surface area (TPSA) is 0 Å². The van der Waals surface area contributed by atoms with E-state index in [1.165, 1.54) is 40.0 Å². The van der Waals surface area contributed by atoms with Gasteiger partial charge < -0.3 is 0 Å². The molecule has 1 aliphatic rings. The Morgan fingerprint density at radius 3 is 1.75 bits per heavy atom. The minimum absolute atomic E-state index is 0. The van der Waals surface area contributed by atoms with E-state index in [1.807, 2.05) is 0 Å². The maximum Gasteiger partial charge on any atom is -0.147 e. The first-order valence-electron chi connectivity index (χ1n) is 3.21. The summed E-state index contributed by atoms with van der Waals surface area (Å²) in [6, 6.07) is 0. The Bertz CT molecular complexity index is 202. The predicted octanol–water partition coefficient (Wildman–Crippen LogP) is 3.66. The molecule has 0 saturated carbocycles. The van der Waals surface area contributed by atoms with E-state index in [0.717, 1.165) is 0 Å². The molecule has 0 saturated heterocycles. The molecule has 0 radical (unpaired) electrons. The normalized spacial score (nSPS) is 17.5. The Labute approximate surface area is 108 Å². The van der Waals surface area contributed by atoms with Gasteiger partial charge >= 0.3 is 71.9 Å². The first-order valence-corrected chi connectivity index (χ1v) is 4.44. The van der Waals surface area contributed by atoms with Gasteiger partial charge in [0, 0.05) is 0 Å². The van der Waals surface area contributed by atoms with Gasteiger partial charge in [-0.2, -0.15) is 0 Å². The second-order valence-electron chi connectivity index (χ2n) is 3.29. The van der Waals surface area contributed by atoms with Gasteiger partial charge in [-0.05, 0) is 0 Å². The maximum absolute atomic E-state index is 3.38. The number of rotatable bonds is 0. The van der Waals surface area contributed by atoms with E-state index < -0.39 is 0 Å². The molecule has 0 aliphatic heterocycles. The summed E-state index contributed by atoms with van der Waals surface area (Å²) < 4.78 is 1.49. The van der Waals surface area contributed by atoms with Crippen LogP contribution < -0.4 is 0 Å². The van der Waals surface area contributed by atoms with Crippen molar-refractivity contribution in [1.29, 1.82) is 0 Å². The van der Waals surface area contributed by atoms with E-state index in [2.05, 4.69) is 26.5 Å². The van der Waals surface area contributed by atoms with E-state index >= 15 is 0 Å². The molecule has 0 bridgehead atoms. The monoisotopic (exact) mass is 305 g/mol. The molecule has 0 aromatic carbocycles. The van der Waals surface area contributed by atoms with Crippen LogP contribution in [-0.4, -0.2) is 0 Å². The zero-order valence-corrected chi connectivity index (χ0v) is 12.3. The quantitative estimate of drug-likeness (QED) is 0.599. The van der Waals surface area contributed by atoms with E-state index in [0.29, 0.717) is 5.41 Å². The standard InChI is InChI=1S/C8H11.3ClH.Zr/c1-7-5-4-6-8(7,2)3;;;;/h6H2,1-3H3;3*1H;. The SMILES string of the molecule is CC1=C=[C]([Zr])CC1(C)C.Cl.Cl.Cl. The molecule has 0 spiro atoms. The molecule has 0 heterocycles. The summed E-state index contributed by atoms with van der Waals surface area (Å²) in [5.41, 5.74) is 5.22. The van der Waals surface area contributed by atoms with Crippen LogP contribution in [0.2, 0.25) is 0 Å². The molecule has 71 valence electrons. The maximum atomic E-state index is 3.38. The largest absolute Gasteiger partial charge is 0.147 e. The van der Waals surface area contributed by atoms with E-state index in [1.54, 1.807) is 0 Å². The van der Waals surface area contributed by atoms with Gasteiger partial charge in [-0.15, -0.1) is 37.2 Å². The Morgan fingerprint density at radius 2 is 1.67 bits per heavy atom. The minimum atomic E-state index is 0. The first-order chi connectivity index (χ1) is 4.02. The van der Waals surface area contributed by atoms with Crippen molar-refractivity contribution >= 4 is 37.2 Å². The van der Waals surface area contributed by atoms with Crippen LogP contribution in [0.3, 0.4) is 0 Å². The van der Waals surface area contributed by atoms with Crippen molar-refractivity contribution in [2.45, 2.75) is 27.2 Å². The molecule has 0 aromatic rings. The Hall–Kier alpha value is 1.27. The Morgan fingerprint density at radius 1 is 1.25 bits per heavy atom. The summed E-state index contributed by atoms with van der Waals surface area (Å²) in [4.78, 5) is 0. The van der Waals surface area contributed by atoms with Crippen LogP contribution >= 0.6 is 37.2 Å². The smallest absolute Gasteiger partial charge is 0.147 e. The van der Waals surface area contributed by atoms with Crippen LogP contribution in [-0.2, 0) is 24.7 Å². The second kappa shape index (κ2) is 6.69. The van der Waals surface area contributed by atoms with E-state index in [-0.39, 0.29) is 37.2 Å². The van der Waals surface area contributed by atoms with Gasteiger partial charge in [0.1, 0.15) is 0 Å². The van der Waals surface area contributed by atoms with Gasteiger partial charge in [0.05, 0.1) is 0 Å². The molecule has 0 aromatic heterocycles. The average Bonchev–Trinajstić information content (AvgIpc) is 1.79. The Kier molecular flexibility index (Phi) is 10.6. The summed E-state index contributed by atoms with van der Waals surface area (Å²) in [7, 11) is 0. The van der Waals surface area contributed by atoms with E-state index in [4.69, 9.17) is 0 Å². The molecular weight excluding hydrogens is 294 g/mol. The van der Waals surface area contributed by atoms with Gasteiger partial charge in [0.25, 0.3) is 0 Å². The number of hydrogen-bond donors (Lipinski definition) is 0. The van der Waals surface area contributed by atoms with Gasteiger partial charge in [-0.25, -0.2) is 0 Å². The molecule has 4 heteroatoms. The molecule has 0 fully saturated rings. The summed E-state index contributed by atoms with van der Waals surface area (Å²) in [5, 5.41) is 0. The molecule has 0 amide bonds. The van der Waals surface area contributed by atoms with Crippen LogP contribution in [0.4, 0.5) is 0 Å². The van der Waals surface area contributed by atoms with Crippen molar-refractivity contribution in [3.63, 3.8) is 0 Å². The summed E-state index contributed by atoms with van der Waals surface area (Å²) in [6.07, 6.45) is 1.23. The molecule has 0 nitrogen and oxygen atoms in total. The van der Waals surface area contributed by atoms with Gasteiger partial charge in [-0.3, -0.25) is 0 Å². The van der Waals surface area contributed by atoms with Crippen molar-refractivity contribution in [1.82, 2.24) is 0 Å². The molecule has 1 aliphatic carbocycles. The van der Waals surface area contributed by atoms with E-state index in [9.17, 15) is 0 Å². The summed E-state index contributed by atoms with van der Waals surface area (Å²) in [5.74, 6) is 0. The van der Waals surface area contributed by atoms with Crippen LogP contribution in [0.25, 0.3) is 0 Å².